The van der Waals surface area contributed by atoms with Crippen LogP contribution in [0.4, 0.5) is 0 Å². The zero-order valence-corrected chi connectivity index (χ0v) is 13.6. The van der Waals surface area contributed by atoms with E-state index in [1.165, 1.54) is 0 Å². The summed E-state index contributed by atoms with van der Waals surface area (Å²) in [5.74, 6) is 1.30. The molecule has 0 amide bonds. The fraction of sp³-hybridized carbons (Fsp3) is 0.312. The van der Waals surface area contributed by atoms with E-state index in [0.717, 1.165) is 4.47 Å². The lowest BCUT2D eigenvalue weighted by molar-refractivity contribution is 0.213. The van der Waals surface area contributed by atoms with Gasteiger partial charge in [0.25, 0.3) is 0 Å². The van der Waals surface area contributed by atoms with Gasteiger partial charge in [0.2, 0.25) is 0 Å². The van der Waals surface area contributed by atoms with Crippen LogP contribution in [0, 0.1) is 0 Å². The molecule has 1 heterocycles. The average Bonchev–Trinajstić information content (AvgIpc) is 2.49. The fourth-order valence-corrected chi connectivity index (χ4v) is 2.47. The molecule has 0 aliphatic heterocycles. The number of pyridine rings is 1. The molecule has 5 heteroatoms. The maximum atomic E-state index is 10.5. The lowest BCUT2D eigenvalue weighted by Crippen LogP contribution is -2.05. The Balaban J connectivity index is 2.35. The Kier molecular flexibility index (Phi) is 5.59. The van der Waals surface area contributed by atoms with Crippen LogP contribution in [-0.2, 0) is 0 Å². The first-order valence-corrected chi connectivity index (χ1v) is 7.64. The van der Waals surface area contributed by atoms with Crippen molar-refractivity contribution in [3.05, 3.63) is 52.3 Å². The van der Waals surface area contributed by atoms with Gasteiger partial charge < -0.3 is 14.6 Å². The second-order valence-electron chi connectivity index (χ2n) is 4.35. The second kappa shape index (κ2) is 7.43. The van der Waals surface area contributed by atoms with Crippen molar-refractivity contribution in [2.45, 2.75) is 20.0 Å². The molecule has 0 bridgehead atoms. The van der Waals surface area contributed by atoms with Gasteiger partial charge in [-0.15, -0.1) is 0 Å². The molecule has 1 unspecified atom stereocenters. The summed E-state index contributed by atoms with van der Waals surface area (Å²) in [6, 6.07) is 9.08. The Bertz CT molecular complexity index is 604. The molecule has 0 radical (unpaired) electrons. The molecule has 21 heavy (non-hydrogen) atoms. The highest BCUT2D eigenvalue weighted by Gasteiger charge is 2.17. The van der Waals surface area contributed by atoms with Crippen LogP contribution in [0.25, 0.3) is 0 Å². The lowest BCUT2D eigenvalue weighted by Gasteiger charge is -2.16. The molecule has 112 valence electrons. The van der Waals surface area contributed by atoms with Crippen molar-refractivity contribution in [3.8, 4) is 11.5 Å². The molecule has 1 atom stereocenters. The number of halogens is 1. The molecule has 1 aromatic heterocycles. The van der Waals surface area contributed by atoms with Crippen molar-refractivity contribution in [2.75, 3.05) is 13.2 Å². The first-order valence-electron chi connectivity index (χ1n) is 6.85. The van der Waals surface area contributed by atoms with E-state index in [-0.39, 0.29) is 0 Å². The Morgan fingerprint density at radius 2 is 1.86 bits per heavy atom. The summed E-state index contributed by atoms with van der Waals surface area (Å²) >= 11 is 3.40. The minimum atomic E-state index is -0.824. The summed E-state index contributed by atoms with van der Waals surface area (Å²) in [7, 11) is 0. The molecule has 2 aromatic rings. The molecular weight excluding hydrogens is 334 g/mol. The van der Waals surface area contributed by atoms with Crippen LogP contribution in [0.5, 0.6) is 11.5 Å². The normalized spacial score (nSPS) is 12.0. The number of hydrogen-bond donors (Lipinski definition) is 1. The van der Waals surface area contributed by atoms with Crippen molar-refractivity contribution < 1.29 is 14.6 Å². The van der Waals surface area contributed by atoms with E-state index >= 15 is 0 Å². The lowest BCUT2D eigenvalue weighted by atomic mass is 10.1. The summed E-state index contributed by atoms with van der Waals surface area (Å²) < 4.78 is 11.9. The molecule has 1 aromatic carbocycles. The van der Waals surface area contributed by atoms with Crippen LogP contribution in [0.3, 0.4) is 0 Å². The SMILES string of the molecule is CCOc1ccc(C(O)c2ncccc2Br)cc1OCC. The molecule has 0 saturated carbocycles. The van der Waals surface area contributed by atoms with Crippen molar-refractivity contribution in [1.82, 2.24) is 4.98 Å². The second-order valence-corrected chi connectivity index (χ2v) is 5.20. The largest absolute Gasteiger partial charge is 0.490 e. The predicted molar refractivity (Wildman–Crippen MR) is 84.8 cm³/mol. The van der Waals surface area contributed by atoms with Gasteiger partial charge in [0.05, 0.1) is 18.9 Å². The van der Waals surface area contributed by atoms with Crippen molar-refractivity contribution in [3.63, 3.8) is 0 Å². The summed E-state index contributed by atoms with van der Waals surface area (Å²) in [5.41, 5.74) is 1.28. The highest BCUT2D eigenvalue weighted by Crippen LogP contribution is 2.33. The highest BCUT2D eigenvalue weighted by atomic mass is 79.9. The third-order valence-electron chi connectivity index (χ3n) is 2.93. The van der Waals surface area contributed by atoms with Gasteiger partial charge in [0.15, 0.2) is 11.5 Å². The van der Waals surface area contributed by atoms with E-state index in [1.807, 2.05) is 38.1 Å². The van der Waals surface area contributed by atoms with Crippen LogP contribution in [-0.4, -0.2) is 23.3 Å². The zero-order valence-electron chi connectivity index (χ0n) is 12.0. The van der Waals surface area contributed by atoms with E-state index in [4.69, 9.17) is 9.47 Å². The van der Waals surface area contributed by atoms with Crippen molar-refractivity contribution in [1.29, 1.82) is 0 Å². The van der Waals surface area contributed by atoms with Crippen LogP contribution in [0.2, 0.25) is 0 Å². The third kappa shape index (κ3) is 3.74. The monoisotopic (exact) mass is 351 g/mol. The van der Waals surface area contributed by atoms with Crippen LogP contribution < -0.4 is 9.47 Å². The van der Waals surface area contributed by atoms with Gasteiger partial charge in [0.1, 0.15) is 6.10 Å². The highest BCUT2D eigenvalue weighted by molar-refractivity contribution is 9.10. The Morgan fingerprint density at radius 3 is 2.52 bits per heavy atom. The maximum absolute atomic E-state index is 10.5. The molecule has 1 N–H and O–H groups in total. The van der Waals surface area contributed by atoms with Crippen molar-refractivity contribution in [2.24, 2.45) is 0 Å². The molecular formula is C16H18BrNO3. The van der Waals surface area contributed by atoms with Gasteiger partial charge in [-0.1, -0.05) is 6.07 Å². The maximum Gasteiger partial charge on any atom is 0.161 e. The predicted octanol–water partition coefficient (Wildman–Crippen LogP) is 3.72. The van der Waals surface area contributed by atoms with Crippen LogP contribution >= 0.6 is 15.9 Å². The minimum absolute atomic E-state index is 0.535. The van der Waals surface area contributed by atoms with Gasteiger partial charge in [0, 0.05) is 10.7 Å². The van der Waals surface area contributed by atoms with Crippen LogP contribution in [0.1, 0.15) is 31.2 Å². The van der Waals surface area contributed by atoms with Gasteiger partial charge >= 0.3 is 0 Å². The standard InChI is InChI=1S/C16H18BrNO3/c1-3-20-13-8-7-11(10-14(13)21-4-2)16(19)15-12(17)6-5-9-18-15/h5-10,16,19H,3-4H2,1-2H3. The molecule has 4 nitrogen and oxygen atoms in total. The fourth-order valence-electron chi connectivity index (χ4n) is 1.99. The number of benzene rings is 1. The molecule has 0 spiro atoms. The summed E-state index contributed by atoms with van der Waals surface area (Å²) in [6.45, 7) is 4.93. The topological polar surface area (TPSA) is 51.6 Å². The molecule has 0 aliphatic carbocycles. The molecule has 0 fully saturated rings. The van der Waals surface area contributed by atoms with E-state index in [1.54, 1.807) is 12.3 Å². The average molecular weight is 352 g/mol. The number of rotatable bonds is 6. The molecule has 0 aliphatic rings. The molecule has 2 rings (SSSR count). The number of nitrogens with zero attached hydrogens (tertiary/aromatic N) is 1. The van der Waals surface area contributed by atoms with E-state index in [0.29, 0.717) is 36.0 Å². The van der Waals surface area contributed by atoms with E-state index in [2.05, 4.69) is 20.9 Å². The Morgan fingerprint density at radius 1 is 1.14 bits per heavy atom. The third-order valence-corrected chi connectivity index (χ3v) is 3.60. The summed E-state index contributed by atoms with van der Waals surface area (Å²) in [5, 5.41) is 10.5. The number of aromatic nitrogens is 1. The molecule has 0 saturated heterocycles. The first kappa shape index (κ1) is 15.8. The number of hydrogen-bond acceptors (Lipinski definition) is 4. The van der Waals surface area contributed by atoms with Crippen molar-refractivity contribution >= 4 is 15.9 Å². The summed E-state index contributed by atoms with van der Waals surface area (Å²) in [4.78, 5) is 4.22. The van der Waals surface area contributed by atoms with E-state index in [9.17, 15) is 5.11 Å². The number of ether oxygens (including phenoxy) is 2. The number of aliphatic hydroxyl groups is 1. The minimum Gasteiger partial charge on any atom is -0.490 e. The first-order chi connectivity index (χ1) is 10.2. The zero-order chi connectivity index (χ0) is 15.2. The van der Waals surface area contributed by atoms with Gasteiger partial charge in [-0.2, -0.15) is 0 Å². The Hall–Kier alpha value is -1.59. The Labute approximate surface area is 132 Å². The van der Waals surface area contributed by atoms with Gasteiger partial charge in [-0.3, -0.25) is 4.98 Å². The van der Waals surface area contributed by atoms with Gasteiger partial charge in [-0.05, 0) is 59.6 Å². The summed E-state index contributed by atoms with van der Waals surface area (Å²) in [6.07, 6.45) is 0.830. The van der Waals surface area contributed by atoms with Crippen LogP contribution in [0.15, 0.2) is 41.0 Å². The van der Waals surface area contributed by atoms with E-state index < -0.39 is 6.10 Å². The quantitative estimate of drug-likeness (QED) is 0.861. The smallest absolute Gasteiger partial charge is 0.161 e. The van der Waals surface area contributed by atoms with Gasteiger partial charge in [-0.25, -0.2) is 0 Å². The number of aliphatic hydroxyl groups excluding tert-OH is 1.